The minimum atomic E-state index is -0.0968. The molecule has 0 bridgehead atoms. The second-order valence-electron chi connectivity index (χ2n) is 4.73. The summed E-state index contributed by atoms with van der Waals surface area (Å²) in [6.45, 7) is 5.00. The van der Waals surface area contributed by atoms with Crippen LogP contribution in [-0.2, 0) is 11.3 Å². The number of pyridine rings is 1. The quantitative estimate of drug-likeness (QED) is 0.857. The van der Waals surface area contributed by atoms with Gasteiger partial charge in [0.15, 0.2) is 10.6 Å². The maximum Gasteiger partial charge on any atom is 0.261 e. The van der Waals surface area contributed by atoms with Crippen LogP contribution in [0.25, 0.3) is 11.4 Å². The molecule has 2 heterocycles. The zero-order valence-electron chi connectivity index (χ0n) is 11.8. The normalized spacial score (nSPS) is 11.2. The Balaban J connectivity index is 2.54. The van der Waals surface area contributed by atoms with Crippen molar-refractivity contribution in [1.29, 1.82) is 0 Å². The number of aromatic amines is 1. The van der Waals surface area contributed by atoms with E-state index in [1.54, 1.807) is 23.9 Å². The van der Waals surface area contributed by atoms with E-state index in [0.29, 0.717) is 29.3 Å². The molecule has 0 fully saturated rings. The summed E-state index contributed by atoms with van der Waals surface area (Å²) in [5, 5.41) is 6.94. The number of aromatic nitrogens is 4. The largest absolute Gasteiger partial charge is 0.383 e. The van der Waals surface area contributed by atoms with E-state index in [9.17, 15) is 4.79 Å². The Hall–Kier alpha value is -1.73. The van der Waals surface area contributed by atoms with Crippen molar-refractivity contribution in [1.82, 2.24) is 19.3 Å². The Morgan fingerprint density at radius 3 is 2.90 bits per heavy atom. The third-order valence-electron chi connectivity index (χ3n) is 3.02. The third kappa shape index (κ3) is 2.73. The third-order valence-corrected chi connectivity index (χ3v) is 3.31. The molecule has 0 amide bonds. The summed E-state index contributed by atoms with van der Waals surface area (Å²) in [6.07, 6.45) is 1.74. The fourth-order valence-corrected chi connectivity index (χ4v) is 2.39. The Labute approximate surface area is 122 Å². The molecular weight excluding hydrogens is 276 g/mol. The minimum Gasteiger partial charge on any atom is -0.383 e. The molecule has 0 aromatic carbocycles. The minimum absolute atomic E-state index is 0.0968. The first kappa shape index (κ1) is 14.7. The van der Waals surface area contributed by atoms with Crippen LogP contribution < -0.4 is 5.56 Å². The number of methoxy groups -OCH3 is 1. The van der Waals surface area contributed by atoms with E-state index in [2.05, 4.69) is 10.2 Å². The van der Waals surface area contributed by atoms with Crippen LogP contribution in [0.5, 0.6) is 0 Å². The van der Waals surface area contributed by atoms with E-state index < -0.39 is 0 Å². The highest BCUT2D eigenvalue weighted by Gasteiger charge is 2.15. The molecule has 0 saturated heterocycles. The van der Waals surface area contributed by atoms with Crippen molar-refractivity contribution in [3.8, 4) is 11.4 Å². The molecule has 0 aliphatic carbocycles. The molecule has 2 aromatic rings. The van der Waals surface area contributed by atoms with Crippen LogP contribution in [0.1, 0.15) is 19.9 Å². The summed E-state index contributed by atoms with van der Waals surface area (Å²) in [5.74, 6) is 0.571. The molecule has 1 N–H and O–H groups in total. The second-order valence-corrected chi connectivity index (χ2v) is 5.12. The average molecular weight is 294 g/mol. The Morgan fingerprint density at radius 2 is 2.25 bits per heavy atom. The van der Waals surface area contributed by atoms with Gasteiger partial charge in [-0.3, -0.25) is 14.5 Å². The molecule has 7 heteroatoms. The Bertz CT molecular complexity index is 699. The molecule has 0 spiro atoms. The number of nitrogens with zero attached hydrogens (tertiary/aromatic N) is 3. The molecule has 0 atom stereocenters. The summed E-state index contributed by atoms with van der Waals surface area (Å²) >= 11 is 5.21. The van der Waals surface area contributed by atoms with Gasteiger partial charge in [-0.25, -0.2) is 0 Å². The predicted octanol–water partition coefficient (Wildman–Crippen LogP) is 2.00. The molecule has 0 aliphatic rings. The zero-order chi connectivity index (χ0) is 14.7. The lowest BCUT2D eigenvalue weighted by molar-refractivity contribution is 0.186. The number of hydrogen-bond acceptors (Lipinski definition) is 4. The van der Waals surface area contributed by atoms with Crippen LogP contribution >= 0.6 is 12.2 Å². The van der Waals surface area contributed by atoms with E-state index in [0.717, 1.165) is 0 Å². The maximum atomic E-state index is 12.5. The summed E-state index contributed by atoms with van der Waals surface area (Å²) in [5.41, 5.74) is 0.435. The number of H-pyrrole nitrogens is 1. The van der Waals surface area contributed by atoms with E-state index in [-0.39, 0.29) is 11.6 Å². The Morgan fingerprint density at radius 1 is 1.50 bits per heavy atom. The van der Waals surface area contributed by atoms with Crippen molar-refractivity contribution in [3.05, 3.63) is 33.5 Å². The van der Waals surface area contributed by atoms with E-state index in [1.807, 2.05) is 24.5 Å². The van der Waals surface area contributed by atoms with Crippen LogP contribution in [0, 0.1) is 4.77 Å². The standard InChI is InChI=1S/C13H18N4O2S/c1-9(2)17-11(14-15-13(17)20)10-5-4-6-16(12(10)18)7-8-19-3/h4-6,9H,7-8H2,1-3H3,(H,15,20). The molecule has 6 nitrogen and oxygen atoms in total. The van der Waals surface area contributed by atoms with Gasteiger partial charge in [-0.05, 0) is 38.2 Å². The number of hydrogen-bond donors (Lipinski definition) is 1. The van der Waals surface area contributed by atoms with Crippen LogP contribution in [0.4, 0.5) is 0 Å². The maximum absolute atomic E-state index is 12.5. The van der Waals surface area contributed by atoms with Gasteiger partial charge in [0.2, 0.25) is 0 Å². The molecule has 2 aromatic heterocycles. The van der Waals surface area contributed by atoms with Crippen LogP contribution in [0.3, 0.4) is 0 Å². The smallest absolute Gasteiger partial charge is 0.261 e. The van der Waals surface area contributed by atoms with Crippen LogP contribution in [0.2, 0.25) is 0 Å². The number of rotatable bonds is 5. The highest BCUT2D eigenvalue weighted by molar-refractivity contribution is 7.71. The van der Waals surface area contributed by atoms with Crippen LogP contribution in [-0.4, -0.2) is 33.0 Å². The van der Waals surface area contributed by atoms with Gasteiger partial charge in [-0.15, -0.1) is 0 Å². The summed E-state index contributed by atoms with van der Waals surface area (Å²) in [7, 11) is 1.61. The van der Waals surface area contributed by atoms with Gasteiger partial charge in [-0.1, -0.05) is 0 Å². The first-order valence-corrected chi connectivity index (χ1v) is 6.82. The highest BCUT2D eigenvalue weighted by atomic mass is 32.1. The van der Waals surface area contributed by atoms with Crippen molar-refractivity contribution in [3.63, 3.8) is 0 Å². The lowest BCUT2D eigenvalue weighted by Gasteiger charge is -2.11. The molecular formula is C13H18N4O2S. The fraction of sp³-hybridized carbons (Fsp3) is 0.462. The summed E-state index contributed by atoms with van der Waals surface area (Å²) < 4.78 is 8.98. The molecule has 20 heavy (non-hydrogen) atoms. The van der Waals surface area contributed by atoms with E-state index >= 15 is 0 Å². The molecule has 0 aliphatic heterocycles. The first-order chi connectivity index (χ1) is 9.56. The topological polar surface area (TPSA) is 64.8 Å². The lowest BCUT2D eigenvalue weighted by Crippen LogP contribution is -2.24. The van der Waals surface area contributed by atoms with E-state index in [4.69, 9.17) is 17.0 Å². The van der Waals surface area contributed by atoms with Gasteiger partial charge in [0.05, 0.1) is 12.2 Å². The summed E-state index contributed by atoms with van der Waals surface area (Å²) in [6, 6.07) is 3.72. The first-order valence-electron chi connectivity index (χ1n) is 6.42. The lowest BCUT2D eigenvalue weighted by atomic mass is 10.2. The van der Waals surface area contributed by atoms with Crippen molar-refractivity contribution < 1.29 is 4.74 Å². The molecule has 0 unspecified atom stereocenters. The number of nitrogens with one attached hydrogen (secondary N) is 1. The van der Waals surface area contributed by atoms with Gasteiger partial charge in [-0.2, -0.15) is 5.10 Å². The van der Waals surface area contributed by atoms with Gasteiger partial charge < -0.3 is 9.30 Å². The van der Waals surface area contributed by atoms with Crippen molar-refractivity contribution >= 4 is 12.2 Å². The van der Waals surface area contributed by atoms with Gasteiger partial charge in [0.1, 0.15) is 0 Å². The number of ether oxygens (including phenoxy) is 1. The molecule has 0 saturated carbocycles. The fourth-order valence-electron chi connectivity index (χ4n) is 2.05. The average Bonchev–Trinajstić information content (AvgIpc) is 2.79. The molecule has 2 rings (SSSR count). The molecule has 0 radical (unpaired) electrons. The van der Waals surface area contributed by atoms with Gasteiger partial charge >= 0.3 is 0 Å². The summed E-state index contributed by atoms with van der Waals surface area (Å²) in [4.78, 5) is 12.5. The van der Waals surface area contributed by atoms with Crippen LogP contribution in [0.15, 0.2) is 23.1 Å². The highest BCUT2D eigenvalue weighted by Crippen LogP contribution is 2.17. The molecule has 108 valence electrons. The predicted molar refractivity (Wildman–Crippen MR) is 79.4 cm³/mol. The second kappa shape index (κ2) is 6.15. The van der Waals surface area contributed by atoms with Gasteiger partial charge in [0, 0.05) is 25.9 Å². The van der Waals surface area contributed by atoms with Gasteiger partial charge in [0.25, 0.3) is 5.56 Å². The Kier molecular flexibility index (Phi) is 4.51. The monoisotopic (exact) mass is 294 g/mol. The SMILES string of the molecule is COCCn1cccc(-c2n[nH]c(=S)n2C(C)C)c1=O. The zero-order valence-corrected chi connectivity index (χ0v) is 12.6. The van der Waals surface area contributed by atoms with Crippen molar-refractivity contribution in [2.24, 2.45) is 0 Å². The van der Waals surface area contributed by atoms with Crippen molar-refractivity contribution in [2.75, 3.05) is 13.7 Å². The van der Waals surface area contributed by atoms with E-state index in [1.165, 1.54) is 0 Å². The van der Waals surface area contributed by atoms with Crippen molar-refractivity contribution in [2.45, 2.75) is 26.4 Å².